The van der Waals surface area contributed by atoms with E-state index in [0.717, 1.165) is 19.1 Å². The van der Waals surface area contributed by atoms with Gasteiger partial charge in [-0.25, -0.2) is 8.42 Å². The van der Waals surface area contributed by atoms with E-state index in [1.807, 2.05) is 0 Å². The standard InChI is InChI=1S/C12H19NO5S/c1-7(6-19(2,17)18)13(8-3-4-8)11(14)9-5-10(9)12(15)16/h7-10H,3-6H2,1-2H3,(H,15,16)/t7-,9-,10+/m1/s1. The number of rotatable bonds is 6. The molecule has 6 nitrogen and oxygen atoms in total. The highest BCUT2D eigenvalue weighted by molar-refractivity contribution is 7.90. The lowest BCUT2D eigenvalue weighted by Gasteiger charge is -2.29. The van der Waals surface area contributed by atoms with Gasteiger partial charge >= 0.3 is 5.97 Å². The van der Waals surface area contributed by atoms with Crippen LogP contribution in [0.15, 0.2) is 0 Å². The van der Waals surface area contributed by atoms with Crippen molar-refractivity contribution in [1.29, 1.82) is 0 Å². The molecule has 0 saturated heterocycles. The second-order valence-electron chi connectivity index (χ2n) is 5.71. The van der Waals surface area contributed by atoms with Crippen LogP contribution >= 0.6 is 0 Å². The van der Waals surface area contributed by atoms with Gasteiger partial charge in [-0.3, -0.25) is 9.59 Å². The number of hydrogen-bond acceptors (Lipinski definition) is 4. The summed E-state index contributed by atoms with van der Waals surface area (Å²) in [4.78, 5) is 24.7. The monoisotopic (exact) mass is 289 g/mol. The van der Waals surface area contributed by atoms with Gasteiger partial charge in [0.15, 0.2) is 0 Å². The predicted octanol–water partition coefficient (Wildman–Crippen LogP) is 0.131. The molecule has 0 spiro atoms. The Morgan fingerprint density at radius 3 is 2.26 bits per heavy atom. The van der Waals surface area contributed by atoms with Crippen LogP contribution in [0.4, 0.5) is 0 Å². The van der Waals surface area contributed by atoms with Crippen LogP contribution in [0, 0.1) is 11.8 Å². The Morgan fingerprint density at radius 1 is 1.32 bits per heavy atom. The second kappa shape index (κ2) is 4.77. The zero-order chi connectivity index (χ0) is 14.4. The number of amides is 1. The average molecular weight is 289 g/mol. The molecule has 2 saturated carbocycles. The van der Waals surface area contributed by atoms with Crippen molar-refractivity contribution < 1.29 is 23.1 Å². The van der Waals surface area contributed by atoms with Gasteiger partial charge in [0, 0.05) is 18.3 Å². The second-order valence-corrected chi connectivity index (χ2v) is 7.89. The third-order valence-corrected chi connectivity index (χ3v) is 4.73. The summed E-state index contributed by atoms with van der Waals surface area (Å²) >= 11 is 0. The fourth-order valence-electron chi connectivity index (χ4n) is 2.56. The van der Waals surface area contributed by atoms with Gasteiger partial charge < -0.3 is 10.0 Å². The lowest BCUT2D eigenvalue weighted by Crippen LogP contribution is -2.45. The molecule has 19 heavy (non-hydrogen) atoms. The first kappa shape index (κ1) is 14.3. The van der Waals surface area contributed by atoms with E-state index in [9.17, 15) is 18.0 Å². The molecule has 0 aliphatic heterocycles. The Bertz CT molecular complexity index is 496. The van der Waals surface area contributed by atoms with E-state index in [1.54, 1.807) is 11.8 Å². The molecule has 1 N–H and O–H groups in total. The molecule has 108 valence electrons. The SMILES string of the molecule is C[C@H](CS(C)(=O)=O)N(C(=O)[C@@H]1C[C@@H]1C(=O)O)C1CC1. The van der Waals surface area contributed by atoms with Gasteiger partial charge in [0.25, 0.3) is 0 Å². The Balaban J connectivity index is 2.04. The van der Waals surface area contributed by atoms with Gasteiger partial charge in [-0.15, -0.1) is 0 Å². The number of carbonyl (C=O) groups is 2. The van der Waals surface area contributed by atoms with E-state index < -0.39 is 27.6 Å². The molecule has 2 aliphatic rings. The lowest BCUT2D eigenvalue weighted by molar-refractivity contribution is -0.142. The Morgan fingerprint density at radius 2 is 1.89 bits per heavy atom. The smallest absolute Gasteiger partial charge is 0.307 e. The summed E-state index contributed by atoms with van der Waals surface area (Å²) in [5.74, 6) is -2.24. The van der Waals surface area contributed by atoms with Crippen LogP contribution < -0.4 is 0 Å². The number of nitrogens with zero attached hydrogens (tertiary/aromatic N) is 1. The van der Waals surface area contributed by atoms with Crippen LogP contribution in [0.2, 0.25) is 0 Å². The molecule has 0 aromatic carbocycles. The minimum Gasteiger partial charge on any atom is -0.481 e. The molecule has 2 rings (SSSR count). The molecule has 0 radical (unpaired) electrons. The van der Waals surface area contributed by atoms with Gasteiger partial charge in [0.05, 0.1) is 17.6 Å². The summed E-state index contributed by atoms with van der Waals surface area (Å²) < 4.78 is 22.7. The van der Waals surface area contributed by atoms with Crippen LogP contribution in [0.3, 0.4) is 0 Å². The highest BCUT2D eigenvalue weighted by atomic mass is 32.2. The first-order valence-corrected chi connectivity index (χ1v) is 8.49. The summed E-state index contributed by atoms with van der Waals surface area (Å²) in [5.41, 5.74) is 0. The number of carboxylic acids is 1. The molecular weight excluding hydrogens is 270 g/mol. The molecule has 1 amide bonds. The molecule has 0 unspecified atom stereocenters. The van der Waals surface area contributed by atoms with E-state index in [-0.39, 0.29) is 23.7 Å². The van der Waals surface area contributed by atoms with E-state index in [0.29, 0.717) is 6.42 Å². The van der Waals surface area contributed by atoms with Crippen molar-refractivity contribution in [1.82, 2.24) is 4.90 Å². The largest absolute Gasteiger partial charge is 0.481 e. The van der Waals surface area contributed by atoms with Crippen molar-refractivity contribution >= 4 is 21.7 Å². The summed E-state index contributed by atoms with van der Waals surface area (Å²) in [7, 11) is -3.15. The van der Waals surface area contributed by atoms with Crippen LogP contribution in [0.25, 0.3) is 0 Å². The Hall–Kier alpha value is -1.11. The molecular formula is C12H19NO5S. The Kier molecular flexibility index (Phi) is 3.59. The maximum absolute atomic E-state index is 12.3. The molecule has 0 aromatic rings. The maximum atomic E-state index is 12.3. The number of carboxylic acid groups (broad SMARTS) is 1. The van der Waals surface area contributed by atoms with Crippen molar-refractivity contribution in [2.45, 2.75) is 38.3 Å². The number of carbonyl (C=O) groups excluding carboxylic acids is 1. The predicted molar refractivity (Wildman–Crippen MR) is 68.3 cm³/mol. The molecule has 7 heteroatoms. The van der Waals surface area contributed by atoms with Gasteiger partial charge in [-0.1, -0.05) is 0 Å². The van der Waals surface area contributed by atoms with Crippen LogP contribution in [-0.4, -0.2) is 54.4 Å². The maximum Gasteiger partial charge on any atom is 0.307 e. The zero-order valence-corrected chi connectivity index (χ0v) is 11.9. The normalized spacial score (nSPS) is 27.7. The van der Waals surface area contributed by atoms with Gasteiger partial charge in [-0.05, 0) is 26.2 Å². The van der Waals surface area contributed by atoms with Crippen molar-refractivity contribution in [3.8, 4) is 0 Å². The van der Waals surface area contributed by atoms with E-state index in [4.69, 9.17) is 5.11 Å². The van der Waals surface area contributed by atoms with E-state index in [1.165, 1.54) is 0 Å². The van der Waals surface area contributed by atoms with E-state index >= 15 is 0 Å². The van der Waals surface area contributed by atoms with Crippen molar-refractivity contribution in [3.05, 3.63) is 0 Å². The average Bonchev–Trinajstić information content (AvgIpc) is 3.10. The van der Waals surface area contributed by atoms with Crippen LogP contribution in [0.5, 0.6) is 0 Å². The van der Waals surface area contributed by atoms with E-state index in [2.05, 4.69) is 0 Å². The van der Waals surface area contributed by atoms with Crippen LogP contribution in [0.1, 0.15) is 26.2 Å². The molecule has 2 fully saturated rings. The summed E-state index contributed by atoms with van der Waals surface area (Å²) in [6.45, 7) is 1.72. The molecule has 0 heterocycles. The summed E-state index contributed by atoms with van der Waals surface area (Å²) in [6, 6.07) is -0.288. The third-order valence-electron chi connectivity index (χ3n) is 3.64. The quantitative estimate of drug-likeness (QED) is 0.750. The fraction of sp³-hybridized carbons (Fsp3) is 0.833. The van der Waals surface area contributed by atoms with Crippen molar-refractivity contribution in [2.24, 2.45) is 11.8 Å². The zero-order valence-electron chi connectivity index (χ0n) is 11.1. The van der Waals surface area contributed by atoms with Crippen LogP contribution in [-0.2, 0) is 19.4 Å². The number of sulfone groups is 1. The number of aliphatic carboxylic acids is 1. The van der Waals surface area contributed by atoms with Gasteiger partial charge in [0.2, 0.25) is 5.91 Å². The molecule has 0 aromatic heterocycles. The first-order valence-electron chi connectivity index (χ1n) is 6.43. The molecule has 3 atom stereocenters. The van der Waals surface area contributed by atoms with Crippen molar-refractivity contribution in [3.63, 3.8) is 0 Å². The fourth-order valence-corrected chi connectivity index (χ4v) is 3.60. The first-order chi connectivity index (χ1) is 8.70. The van der Waals surface area contributed by atoms with Crippen molar-refractivity contribution in [2.75, 3.05) is 12.0 Å². The van der Waals surface area contributed by atoms with Gasteiger partial charge in [0.1, 0.15) is 9.84 Å². The summed E-state index contributed by atoms with van der Waals surface area (Å²) in [6.07, 6.45) is 3.29. The Labute approximate surface area is 112 Å². The molecule has 0 bridgehead atoms. The lowest BCUT2D eigenvalue weighted by atomic mass is 10.2. The minimum absolute atomic E-state index is 0.0697. The highest BCUT2D eigenvalue weighted by Gasteiger charge is 2.52. The minimum atomic E-state index is -3.15. The summed E-state index contributed by atoms with van der Waals surface area (Å²) in [5, 5.41) is 8.87. The third kappa shape index (κ3) is 3.46. The number of hydrogen-bond donors (Lipinski definition) is 1. The van der Waals surface area contributed by atoms with Gasteiger partial charge in [-0.2, -0.15) is 0 Å². The highest BCUT2D eigenvalue weighted by Crippen LogP contribution is 2.42. The molecule has 2 aliphatic carbocycles. The topological polar surface area (TPSA) is 91.8 Å².